The highest BCUT2D eigenvalue weighted by Crippen LogP contribution is 2.25. The fourth-order valence-corrected chi connectivity index (χ4v) is 5.15. The van der Waals surface area contributed by atoms with Crippen LogP contribution in [0, 0.1) is 19.8 Å². The molecule has 3 rings (SSSR count). The van der Waals surface area contributed by atoms with Crippen molar-refractivity contribution >= 4 is 15.9 Å². The minimum Gasteiger partial charge on any atom is -0.491 e. The third kappa shape index (κ3) is 5.66. The largest absolute Gasteiger partial charge is 0.491 e. The number of nitrogens with zero attached hydrogens (tertiary/aromatic N) is 1. The lowest BCUT2D eigenvalue weighted by Gasteiger charge is -2.29. The maximum absolute atomic E-state index is 13.1. The topological polar surface area (TPSA) is 75.7 Å². The lowest BCUT2D eigenvalue weighted by atomic mass is 10.0. The molecule has 1 aliphatic rings. The summed E-state index contributed by atoms with van der Waals surface area (Å²) < 4.78 is 33.5. The van der Waals surface area contributed by atoms with Crippen LogP contribution < -0.4 is 10.1 Å². The van der Waals surface area contributed by atoms with Crippen molar-refractivity contribution in [1.82, 2.24) is 9.62 Å². The summed E-state index contributed by atoms with van der Waals surface area (Å²) in [6.45, 7) is 9.14. The Morgan fingerprint density at radius 1 is 1.13 bits per heavy atom. The smallest absolute Gasteiger partial charge is 0.251 e. The maximum Gasteiger partial charge on any atom is 0.251 e. The van der Waals surface area contributed by atoms with Crippen LogP contribution >= 0.6 is 0 Å². The normalized spacial score (nSPS) is 16.6. The molecule has 0 aromatic heterocycles. The van der Waals surface area contributed by atoms with E-state index >= 15 is 0 Å². The Morgan fingerprint density at radius 3 is 2.48 bits per heavy atom. The van der Waals surface area contributed by atoms with E-state index in [1.165, 1.54) is 10.4 Å². The van der Waals surface area contributed by atoms with Gasteiger partial charge in [0.2, 0.25) is 10.0 Å². The van der Waals surface area contributed by atoms with Crippen LogP contribution in [0.15, 0.2) is 47.4 Å². The molecule has 1 atom stereocenters. The van der Waals surface area contributed by atoms with Crippen LogP contribution in [-0.4, -0.2) is 44.4 Å². The lowest BCUT2D eigenvalue weighted by Crippen LogP contribution is -2.38. The van der Waals surface area contributed by atoms with E-state index < -0.39 is 10.0 Å². The van der Waals surface area contributed by atoms with Gasteiger partial charge in [-0.1, -0.05) is 31.2 Å². The van der Waals surface area contributed by atoms with Crippen molar-refractivity contribution in [3.8, 4) is 5.75 Å². The van der Waals surface area contributed by atoms with Gasteiger partial charge in [-0.15, -0.1) is 0 Å². The van der Waals surface area contributed by atoms with Crippen molar-refractivity contribution in [2.24, 2.45) is 5.92 Å². The molecule has 0 spiro atoms. The zero-order chi connectivity index (χ0) is 22.6. The number of piperidine rings is 1. The van der Waals surface area contributed by atoms with Crippen LogP contribution in [-0.2, 0) is 10.0 Å². The molecule has 1 saturated heterocycles. The number of aryl methyl sites for hydroxylation is 2. The molecule has 0 bridgehead atoms. The van der Waals surface area contributed by atoms with Crippen molar-refractivity contribution in [2.45, 2.75) is 51.5 Å². The third-order valence-corrected chi connectivity index (χ3v) is 7.69. The van der Waals surface area contributed by atoms with Gasteiger partial charge >= 0.3 is 0 Å². The zero-order valence-electron chi connectivity index (χ0n) is 18.7. The van der Waals surface area contributed by atoms with Crippen molar-refractivity contribution in [3.05, 3.63) is 59.2 Å². The van der Waals surface area contributed by atoms with Crippen LogP contribution in [0.5, 0.6) is 5.75 Å². The van der Waals surface area contributed by atoms with Crippen LogP contribution in [0.3, 0.4) is 0 Å². The van der Waals surface area contributed by atoms with Gasteiger partial charge in [-0.25, -0.2) is 8.42 Å². The van der Waals surface area contributed by atoms with E-state index in [9.17, 15) is 13.2 Å². The van der Waals surface area contributed by atoms with E-state index in [1.807, 2.05) is 45.0 Å². The number of benzene rings is 2. The quantitative estimate of drug-likeness (QED) is 0.702. The van der Waals surface area contributed by atoms with Crippen molar-refractivity contribution in [1.29, 1.82) is 0 Å². The number of para-hydroxylation sites is 1. The number of hydrogen-bond donors (Lipinski definition) is 1. The Labute approximate surface area is 185 Å². The van der Waals surface area contributed by atoms with Gasteiger partial charge in [-0.3, -0.25) is 4.79 Å². The first-order valence-electron chi connectivity index (χ1n) is 10.8. The van der Waals surface area contributed by atoms with E-state index in [1.54, 1.807) is 12.1 Å². The molecule has 168 valence electrons. The Morgan fingerprint density at radius 2 is 1.81 bits per heavy atom. The van der Waals surface area contributed by atoms with Crippen molar-refractivity contribution < 1.29 is 17.9 Å². The highest BCUT2D eigenvalue weighted by Gasteiger charge is 2.29. The van der Waals surface area contributed by atoms with Gasteiger partial charge in [-0.2, -0.15) is 4.31 Å². The molecule has 0 radical (unpaired) electrons. The van der Waals surface area contributed by atoms with Crippen LogP contribution in [0.2, 0.25) is 0 Å². The number of carbonyl (C=O) groups is 1. The molecule has 1 aliphatic heterocycles. The first-order chi connectivity index (χ1) is 14.7. The third-order valence-electron chi connectivity index (χ3n) is 5.79. The number of amides is 1. The number of ether oxygens (including phenoxy) is 1. The molecular weight excluding hydrogens is 412 g/mol. The number of sulfonamides is 1. The first kappa shape index (κ1) is 23.3. The molecule has 31 heavy (non-hydrogen) atoms. The summed E-state index contributed by atoms with van der Waals surface area (Å²) in [7, 11) is -3.61. The van der Waals surface area contributed by atoms with E-state index in [-0.39, 0.29) is 16.8 Å². The Balaban J connectivity index is 1.69. The van der Waals surface area contributed by atoms with Crippen LogP contribution in [0.4, 0.5) is 0 Å². The van der Waals surface area contributed by atoms with Crippen molar-refractivity contribution in [2.75, 3.05) is 19.7 Å². The van der Waals surface area contributed by atoms with E-state index in [0.717, 1.165) is 29.7 Å². The molecule has 7 heteroatoms. The van der Waals surface area contributed by atoms with Crippen molar-refractivity contribution in [3.63, 3.8) is 0 Å². The van der Waals surface area contributed by atoms with Gasteiger partial charge in [0.25, 0.3) is 5.91 Å². The fraction of sp³-hybridized carbons (Fsp3) is 0.458. The second kappa shape index (κ2) is 9.83. The molecule has 2 aromatic rings. The average Bonchev–Trinajstić information content (AvgIpc) is 2.73. The molecule has 1 amide bonds. The number of carbonyl (C=O) groups excluding carboxylic acids is 1. The SMILES string of the molecule is Cc1ccccc1OC[C@H](C)NC(=O)c1cc(S(=O)(=O)N2CCC(C)CC2)ccc1C. The molecule has 0 unspecified atom stereocenters. The van der Waals surface area contributed by atoms with Gasteiger partial charge < -0.3 is 10.1 Å². The lowest BCUT2D eigenvalue weighted by molar-refractivity contribution is 0.0925. The Hall–Kier alpha value is -2.38. The molecular formula is C24H32N2O4S. The molecule has 1 heterocycles. The number of hydrogen-bond acceptors (Lipinski definition) is 4. The minimum absolute atomic E-state index is 0.168. The van der Waals surface area contributed by atoms with Gasteiger partial charge in [0, 0.05) is 18.7 Å². The molecule has 6 nitrogen and oxygen atoms in total. The first-order valence-corrected chi connectivity index (χ1v) is 12.2. The summed E-state index contributed by atoms with van der Waals surface area (Å²) in [6, 6.07) is 12.3. The van der Waals surface area contributed by atoms with E-state index in [2.05, 4.69) is 12.2 Å². The highest BCUT2D eigenvalue weighted by molar-refractivity contribution is 7.89. The molecule has 2 aromatic carbocycles. The van der Waals surface area contributed by atoms with E-state index in [0.29, 0.717) is 31.2 Å². The Bertz CT molecular complexity index is 1030. The van der Waals surface area contributed by atoms with Gasteiger partial charge in [0.05, 0.1) is 10.9 Å². The number of rotatable bonds is 7. The summed E-state index contributed by atoms with van der Waals surface area (Å²) in [5, 5.41) is 2.92. The highest BCUT2D eigenvalue weighted by atomic mass is 32.2. The zero-order valence-corrected chi connectivity index (χ0v) is 19.5. The molecule has 0 aliphatic carbocycles. The van der Waals surface area contributed by atoms with Crippen LogP contribution in [0.1, 0.15) is 48.2 Å². The fourth-order valence-electron chi connectivity index (χ4n) is 3.66. The predicted molar refractivity (Wildman–Crippen MR) is 122 cm³/mol. The monoisotopic (exact) mass is 444 g/mol. The minimum atomic E-state index is -3.61. The summed E-state index contributed by atoms with van der Waals surface area (Å²) in [5.41, 5.74) is 2.13. The van der Waals surface area contributed by atoms with Gasteiger partial charge in [0.1, 0.15) is 12.4 Å². The molecule has 1 N–H and O–H groups in total. The standard InChI is InChI=1S/C24H32N2O4S/c1-17-11-13-26(14-12-17)31(28,29)21-10-9-18(2)22(15-21)24(27)25-20(4)16-30-23-8-6-5-7-19(23)3/h5-10,15,17,20H,11-14,16H2,1-4H3,(H,25,27)/t20-/m0/s1. The second-order valence-electron chi connectivity index (χ2n) is 8.51. The number of nitrogens with one attached hydrogen (secondary N) is 1. The average molecular weight is 445 g/mol. The Kier molecular flexibility index (Phi) is 7.38. The van der Waals surface area contributed by atoms with Crippen LogP contribution in [0.25, 0.3) is 0 Å². The summed E-state index contributed by atoms with van der Waals surface area (Å²) >= 11 is 0. The summed E-state index contributed by atoms with van der Waals surface area (Å²) in [6.07, 6.45) is 1.72. The maximum atomic E-state index is 13.1. The van der Waals surface area contributed by atoms with Gasteiger partial charge in [-0.05, 0) is 68.9 Å². The molecule has 1 fully saturated rings. The van der Waals surface area contributed by atoms with Gasteiger partial charge in [0.15, 0.2) is 0 Å². The second-order valence-corrected chi connectivity index (χ2v) is 10.5. The summed E-state index contributed by atoms with van der Waals surface area (Å²) in [4.78, 5) is 13.0. The molecule has 0 saturated carbocycles. The predicted octanol–water partition coefficient (Wildman–Crippen LogP) is 3.92. The summed E-state index contributed by atoms with van der Waals surface area (Å²) in [5.74, 6) is 1.01. The van der Waals surface area contributed by atoms with E-state index in [4.69, 9.17) is 4.74 Å².